The zero-order valence-electron chi connectivity index (χ0n) is 7.72. The molecule has 0 aromatic carbocycles. The molecular formula is C10H18O. The van der Waals surface area contributed by atoms with Gasteiger partial charge < -0.3 is 5.11 Å². The van der Waals surface area contributed by atoms with Gasteiger partial charge in [0, 0.05) is 0 Å². The molecule has 0 radical (unpaired) electrons. The standard InChI is InChI=1S/C10H18O/c1-4-10-6-5-9(3,11)8(10)7(10)2/h7-8,11H,4-6H2,1-3H3/t7-,8-,9-,10-/m1/s1. The van der Waals surface area contributed by atoms with Gasteiger partial charge in [-0.1, -0.05) is 13.8 Å². The van der Waals surface area contributed by atoms with E-state index in [-0.39, 0.29) is 5.60 Å². The molecule has 2 saturated carbocycles. The van der Waals surface area contributed by atoms with Crippen molar-refractivity contribution in [3.8, 4) is 0 Å². The van der Waals surface area contributed by atoms with E-state index in [2.05, 4.69) is 13.8 Å². The molecule has 0 aromatic heterocycles. The van der Waals surface area contributed by atoms with Crippen molar-refractivity contribution in [2.45, 2.75) is 45.6 Å². The van der Waals surface area contributed by atoms with E-state index in [1.54, 1.807) is 0 Å². The number of fused-ring (bicyclic) bond motifs is 1. The molecule has 4 atom stereocenters. The fraction of sp³-hybridized carbons (Fsp3) is 1.00. The largest absolute Gasteiger partial charge is 0.390 e. The Morgan fingerprint density at radius 1 is 1.45 bits per heavy atom. The molecule has 0 bridgehead atoms. The van der Waals surface area contributed by atoms with Crippen LogP contribution in [0.15, 0.2) is 0 Å². The summed E-state index contributed by atoms with van der Waals surface area (Å²) in [5, 5.41) is 9.97. The Labute approximate surface area is 68.8 Å². The van der Waals surface area contributed by atoms with Crippen LogP contribution in [0, 0.1) is 17.3 Å². The molecular weight excluding hydrogens is 136 g/mol. The van der Waals surface area contributed by atoms with Gasteiger partial charge in [0.25, 0.3) is 0 Å². The molecule has 0 saturated heterocycles. The fourth-order valence-electron chi connectivity index (χ4n) is 3.60. The maximum Gasteiger partial charge on any atom is 0.0656 e. The number of rotatable bonds is 1. The lowest BCUT2D eigenvalue weighted by Gasteiger charge is -2.18. The summed E-state index contributed by atoms with van der Waals surface area (Å²) >= 11 is 0. The summed E-state index contributed by atoms with van der Waals surface area (Å²) in [7, 11) is 0. The van der Waals surface area contributed by atoms with E-state index in [1.807, 2.05) is 6.92 Å². The molecule has 2 rings (SSSR count). The van der Waals surface area contributed by atoms with Crippen molar-refractivity contribution in [2.24, 2.45) is 17.3 Å². The summed E-state index contributed by atoms with van der Waals surface area (Å²) in [5.74, 6) is 1.39. The van der Waals surface area contributed by atoms with Gasteiger partial charge in [-0.25, -0.2) is 0 Å². The lowest BCUT2D eigenvalue weighted by Crippen LogP contribution is -2.24. The Hall–Kier alpha value is -0.0400. The molecule has 0 amide bonds. The van der Waals surface area contributed by atoms with E-state index in [1.165, 1.54) is 12.8 Å². The number of hydrogen-bond acceptors (Lipinski definition) is 1. The monoisotopic (exact) mass is 154 g/mol. The lowest BCUT2D eigenvalue weighted by atomic mass is 9.96. The van der Waals surface area contributed by atoms with Crippen LogP contribution in [0.5, 0.6) is 0 Å². The molecule has 2 aliphatic carbocycles. The van der Waals surface area contributed by atoms with Crippen LogP contribution in [-0.4, -0.2) is 10.7 Å². The lowest BCUT2D eigenvalue weighted by molar-refractivity contribution is 0.0378. The van der Waals surface area contributed by atoms with Crippen LogP contribution in [0.3, 0.4) is 0 Å². The maximum atomic E-state index is 9.97. The maximum absolute atomic E-state index is 9.97. The highest BCUT2D eigenvalue weighted by Gasteiger charge is 2.70. The van der Waals surface area contributed by atoms with E-state index in [4.69, 9.17) is 0 Å². The first-order valence-corrected chi connectivity index (χ1v) is 4.77. The highest BCUT2D eigenvalue weighted by molar-refractivity contribution is 5.19. The van der Waals surface area contributed by atoms with Crippen molar-refractivity contribution >= 4 is 0 Å². The van der Waals surface area contributed by atoms with Crippen LogP contribution >= 0.6 is 0 Å². The smallest absolute Gasteiger partial charge is 0.0656 e. The van der Waals surface area contributed by atoms with Gasteiger partial charge in [-0.05, 0) is 43.4 Å². The number of hydrogen-bond donors (Lipinski definition) is 1. The Morgan fingerprint density at radius 2 is 2.09 bits per heavy atom. The van der Waals surface area contributed by atoms with Crippen LogP contribution in [-0.2, 0) is 0 Å². The van der Waals surface area contributed by atoms with Crippen molar-refractivity contribution in [3.05, 3.63) is 0 Å². The normalized spacial score (nSPS) is 61.1. The van der Waals surface area contributed by atoms with E-state index in [0.717, 1.165) is 12.3 Å². The van der Waals surface area contributed by atoms with E-state index < -0.39 is 0 Å². The van der Waals surface area contributed by atoms with Gasteiger partial charge in [-0.3, -0.25) is 0 Å². The van der Waals surface area contributed by atoms with Crippen molar-refractivity contribution in [3.63, 3.8) is 0 Å². The SMILES string of the molecule is CC[C@]12CC[C@@](C)(O)[C@H]1[C@H]2C. The summed E-state index contributed by atoms with van der Waals surface area (Å²) in [5.41, 5.74) is 0.207. The molecule has 11 heavy (non-hydrogen) atoms. The molecule has 0 aromatic rings. The second kappa shape index (κ2) is 1.82. The topological polar surface area (TPSA) is 20.2 Å². The van der Waals surface area contributed by atoms with E-state index in [9.17, 15) is 5.11 Å². The highest BCUT2D eigenvalue weighted by atomic mass is 16.3. The third-order valence-corrected chi connectivity index (χ3v) is 4.34. The van der Waals surface area contributed by atoms with Gasteiger partial charge >= 0.3 is 0 Å². The van der Waals surface area contributed by atoms with E-state index in [0.29, 0.717) is 11.3 Å². The first kappa shape index (κ1) is 7.60. The molecule has 64 valence electrons. The Kier molecular flexibility index (Phi) is 1.26. The molecule has 2 fully saturated rings. The molecule has 0 unspecified atom stereocenters. The highest BCUT2D eigenvalue weighted by Crippen LogP contribution is 2.73. The summed E-state index contributed by atoms with van der Waals surface area (Å²) in [6.45, 7) is 6.57. The van der Waals surface area contributed by atoms with Gasteiger partial charge in [0.2, 0.25) is 0 Å². The minimum absolute atomic E-state index is 0.338. The summed E-state index contributed by atoms with van der Waals surface area (Å²) in [4.78, 5) is 0. The Balaban J connectivity index is 2.22. The van der Waals surface area contributed by atoms with Crippen LogP contribution in [0.4, 0.5) is 0 Å². The second-order valence-corrected chi connectivity index (χ2v) is 4.71. The van der Waals surface area contributed by atoms with E-state index >= 15 is 0 Å². The van der Waals surface area contributed by atoms with Crippen LogP contribution in [0.2, 0.25) is 0 Å². The Morgan fingerprint density at radius 3 is 2.36 bits per heavy atom. The zero-order chi connectivity index (χ0) is 8.28. The van der Waals surface area contributed by atoms with Gasteiger partial charge in [0.05, 0.1) is 5.60 Å². The van der Waals surface area contributed by atoms with Gasteiger partial charge in [-0.2, -0.15) is 0 Å². The van der Waals surface area contributed by atoms with Crippen LogP contribution in [0.25, 0.3) is 0 Å². The Bertz CT molecular complexity index is 185. The molecule has 2 aliphatic rings. The first-order chi connectivity index (χ1) is 5.04. The van der Waals surface area contributed by atoms with Crippen molar-refractivity contribution in [1.29, 1.82) is 0 Å². The van der Waals surface area contributed by atoms with Crippen LogP contribution in [0.1, 0.15) is 40.0 Å². The average Bonchev–Trinajstić information content (AvgIpc) is 2.42. The summed E-state index contributed by atoms with van der Waals surface area (Å²) in [6.07, 6.45) is 3.53. The van der Waals surface area contributed by atoms with Crippen molar-refractivity contribution in [1.82, 2.24) is 0 Å². The average molecular weight is 154 g/mol. The molecule has 1 N–H and O–H groups in total. The van der Waals surface area contributed by atoms with Crippen LogP contribution < -0.4 is 0 Å². The third-order valence-electron chi connectivity index (χ3n) is 4.34. The second-order valence-electron chi connectivity index (χ2n) is 4.71. The molecule has 0 heterocycles. The molecule has 1 heteroatoms. The summed E-state index contributed by atoms with van der Waals surface area (Å²) < 4.78 is 0. The molecule has 1 nitrogen and oxygen atoms in total. The zero-order valence-corrected chi connectivity index (χ0v) is 7.72. The van der Waals surface area contributed by atoms with Gasteiger partial charge in [0.1, 0.15) is 0 Å². The minimum Gasteiger partial charge on any atom is -0.390 e. The molecule has 0 spiro atoms. The minimum atomic E-state index is -0.338. The van der Waals surface area contributed by atoms with Gasteiger partial charge in [-0.15, -0.1) is 0 Å². The van der Waals surface area contributed by atoms with Crippen molar-refractivity contribution in [2.75, 3.05) is 0 Å². The quantitative estimate of drug-likeness (QED) is 0.614. The predicted molar refractivity (Wildman–Crippen MR) is 45.2 cm³/mol. The van der Waals surface area contributed by atoms with Crippen molar-refractivity contribution < 1.29 is 5.11 Å². The number of aliphatic hydroxyl groups is 1. The first-order valence-electron chi connectivity index (χ1n) is 4.77. The predicted octanol–water partition coefficient (Wildman–Crippen LogP) is 2.19. The summed E-state index contributed by atoms with van der Waals surface area (Å²) in [6, 6.07) is 0. The molecule has 0 aliphatic heterocycles. The fourth-order valence-corrected chi connectivity index (χ4v) is 3.60. The third kappa shape index (κ3) is 0.703. The van der Waals surface area contributed by atoms with Gasteiger partial charge in [0.15, 0.2) is 0 Å².